The molecule has 0 saturated carbocycles. The van der Waals surface area contributed by atoms with Crippen LogP contribution in [0.5, 0.6) is 0 Å². The van der Waals surface area contributed by atoms with Gasteiger partial charge in [-0.3, -0.25) is 0 Å². The maximum atomic E-state index is 9.76. The van der Waals surface area contributed by atoms with Crippen molar-refractivity contribution in [2.75, 3.05) is 0 Å². The number of carboxylic acids is 2. The van der Waals surface area contributed by atoms with Crippen LogP contribution in [0, 0.1) is 0 Å². The molecule has 0 aliphatic rings. The van der Waals surface area contributed by atoms with Crippen molar-refractivity contribution in [2.45, 2.75) is 39.5 Å². The molecule has 0 N–H and O–H groups in total. The van der Waals surface area contributed by atoms with Gasteiger partial charge in [-0.05, 0) is 25.3 Å². The first-order valence-electron chi connectivity index (χ1n) is 4.48. The van der Waals surface area contributed by atoms with E-state index in [0.717, 1.165) is 19.3 Å². The predicted octanol–water partition coefficient (Wildman–Crippen LogP) is -0.374. The number of carbonyl (C=O) groups is 2. The molecule has 0 aromatic rings. The molecule has 0 bridgehead atoms. The third-order valence-electron chi connectivity index (χ3n) is 1.33. The molecule has 0 aliphatic carbocycles. The average Bonchev–Trinajstić information content (AvgIpc) is 2.05. The van der Waals surface area contributed by atoms with E-state index in [4.69, 9.17) is 0 Å². The van der Waals surface area contributed by atoms with E-state index in [1.807, 2.05) is 6.92 Å². The van der Waals surface area contributed by atoms with E-state index in [2.05, 4.69) is 6.58 Å². The van der Waals surface area contributed by atoms with Crippen LogP contribution < -0.4 is 10.2 Å². The zero-order chi connectivity index (χ0) is 11.6. The third-order valence-corrected chi connectivity index (χ3v) is 1.33. The van der Waals surface area contributed by atoms with Crippen molar-refractivity contribution in [1.29, 1.82) is 0 Å². The largest absolute Gasteiger partial charge is 2.00 e. The van der Waals surface area contributed by atoms with Gasteiger partial charge in [0.1, 0.15) is 0 Å². The molecule has 0 amide bonds. The van der Waals surface area contributed by atoms with Gasteiger partial charge >= 0.3 is 19.5 Å². The Balaban J connectivity index is -0.000000187. The van der Waals surface area contributed by atoms with E-state index >= 15 is 0 Å². The quantitative estimate of drug-likeness (QED) is 0.386. The number of unbranched alkanes of at least 4 members (excludes halogenated alkanes) is 2. The molecule has 0 aromatic carbocycles. The van der Waals surface area contributed by atoms with Crippen molar-refractivity contribution in [3.63, 3.8) is 0 Å². The number of hydrogen-bond donors (Lipinski definition) is 0. The molecule has 5 heteroatoms. The minimum Gasteiger partial charge on any atom is -0.550 e. The van der Waals surface area contributed by atoms with Gasteiger partial charge in [-0.15, -0.1) is 0 Å². The molecule has 4 nitrogen and oxygen atoms in total. The van der Waals surface area contributed by atoms with Crippen molar-refractivity contribution in [2.24, 2.45) is 0 Å². The van der Waals surface area contributed by atoms with E-state index in [-0.39, 0.29) is 31.5 Å². The van der Waals surface area contributed by atoms with Crippen LogP contribution in [0.1, 0.15) is 39.5 Å². The molecular weight excluding hydrogens is 249 g/mol. The monoisotopic (exact) mass is 264 g/mol. The average molecular weight is 266 g/mol. The minimum atomic E-state index is -1.19. The van der Waals surface area contributed by atoms with E-state index in [0.29, 0.717) is 0 Å². The van der Waals surface area contributed by atoms with E-state index in [9.17, 15) is 19.8 Å². The Morgan fingerprint density at radius 2 is 1.60 bits per heavy atom. The zero-order valence-electron chi connectivity index (χ0n) is 9.38. The molecule has 0 radical (unpaired) electrons. The second kappa shape index (κ2) is 13.3. The van der Waals surface area contributed by atoms with Crippen molar-refractivity contribution in [3.05, 3.63) is 12.2 Å². The molecule has 0 aliphatic heterocycles. The standard InChI is InChI=1S/C6H12O2.C4H6O2.Zn/c1-2-3-4-5-6(7)8;1-3(2)4(5)6;/h2-5H2,1H3,(H,7,8);1H2,2H3,(H,5,6);/q;;+2/p-2. The Bertz CT molecular complexity index is 190. The summed E-state index contributed by atoms with van der Waals surface area (Å²) in [5.74, 6) is -2.12. The smallest absolute Gasteiger partial charge is 0.550 e. The molecule has 82 valence electrons. The Morgan fingerprint density at radius 1 is 1.20 bits per heavy atom. The number of hydrogen-bond acceptors (Lipinski definition) is 4. The van der Waals surface area contributed by atoms with Crippen molar-refractivity contribution >= 4 is 11.9 Å². The molecular formula is C10H16O4Zn. The first kappa shape index (κ1) is 19.8. The molecule has 0 rings (SSSR count). The van der Waals surface area contributed by atoms with E-state index in [1.165, 1.54) is 6.92 Å². The van der Waals surface area contributed by atoms with E-state index < -0.39 is 11.9 Å². The van der Waals surface area contributed by atoms with Gasteiger partial charge in [-0.1, -0.05) is 26.3 Å². The Hall–Kier alpha value is -0.697. The van der Waals surface area contributed by atoms with Gasteiger partial charge < -0.3 is 19.8 Å². The van der Waals surface area contributed by atoms with Crippen molar-refractivity contribution in [3.8, 4) is 0 Å². The second-order valence-corrected chi connectivity index (χ2v) is 2.90. The minimum absolute atomic E-state index is 0. The summed E-state index contributed by atoms with van der Waals surface area (Å²) in [5.41, 5.74) is 0.0648. The van der Waals surface area contributed by atoms with Crippen LogP contribution in [0.2, 0.25) is 0 Å². The SMILES string of the molecule is C=C(C)C(=O)[O-].CCCCCC(=O)[O-].[Zn+2]. The molecule has 0 fully saturated rings. The molecule has 0 saturated heterocycles. The molecule has 0 spiro atoms. The van der Waals surface area contributed by atoms with Gasteiger partial charge in [0.15, 0.2) is 0 Å². The molecule has 0 unspecified atom stereocenters. The number of rotatable bonds is 5. The number of aliphatic carboxylic acids is 2. The summed E-state index contributed by atoms with van der Waals surface area (Å²) in [4.78, 5) is 19.3. The van der Waals surface area contributed by atoms with Gasteiger partial charge in [-0.2, -0.15) is 0 Å². The summed E-state index contributed by atoms with van der Waals surface area (Å²) in [6.07, 6.45) is 3.04. The van der Waals surface area contributed by atoms with Crippen molar-refractivity contribution < 1.29 is 39.3 Å². The summed E-state index contributed by atoms with van der Waals surface area (Å²) in [6.45, 7) is 6.51. The zero-order valence-corrected chi connectivity index (χ0v) is 12.3. The van der Waals surface area contributed by atoms with Crippen molar-refractivity contribution in [1.82, 2.24) is 0 Å². The first-order valence-corrected chi connectivity index (χ1v) is 4.48. The van der Waals surface area contributed by atoms with Gasteiger partial charge in [-0.25, -0.2) is 0 Å². The van der Waals surface area contributed by atoms with Crippen LogP contribution in [0.15, 0.2) is 12.2 Å². The second-order valence-electron chi connectivity index (χ2n) is 2.90. The van der Waals surface area contributed by atoms with Crippen LogP contribution in [0.3, 0.4) is 0 Å². The third kappa shape index (κ3) is 24.7. The molecule has 0 atom stereocenters. The summed E-state index contributed by atoms with van der Waals surface area (Å²) in [5, 5.41) is 19.3. The van der Waals surface area contributed by atoms with Crippen LogP contribution in [-0.4, -0.2) is 11.9 Å². The van der Waals surface area contributed by atoms with Gasteiger partial charge in [0.25, 0.3) is 0 Å². The topological polar surface area (TPSA) is 80.3 Å². The van der Waals surface area contributed by atoms with Crippen LogP contribution in [0.25, 0.3) is 0 Å². The Labute approximate surface area is 103 Å². The summed E-state index contributed by atoms with van der Waals surface area (Å²) < 4.78 is 0. The van der Waals surface area contributed by atoms with Gasteiger partial charge in [0.05, 0.1) is 5.97 Å². The number of carboxylic acid groups (broad SMARTS) is 2. The van der Waals surface area contributed by atoms with E-state index in [1.54, 1.807) is 0 Å². The molecule has 0 aromatic heterocycles. The predicted molar refractivity (Wildman–Crippen MR) is 49.0 cm³/mol. The van der Waals surface area contributed by atoms with Crippen LogP contribution in [0.4, 0.5) is 0 Å². The first-order chi connectivity index (χ1) is 6.41. The molecule has 15 heavy (non-hydrogen) atoms. The number of carbonyl (C=O) groups excluding carboxylic acids is 2. The van der Waals surface area contributed by atoms with Gasteiger partial charge in [0.2, 0.25) is 0 Å². The Morgan fingerprint density at radius 3 is 1.80 bits per heavy atom. The summed E-state index contributed by atoms with van der Waals surface area (Å²) in [6, 6.07) is 0. The fourth-order valence-electron chi connectivity index (χ4n) is 0.519. The maximum Gasteiger partial charge on any atom is 2.00 e. The summed E-state index contributed by atoms with van der Waals surface area (Å²) in [7, 11) is 0. The van der Waals surface area contributed by atoms with Crippen LogP contribution in [-0.2, 0) is 29.1 Å². The Kier molecular flexibility index (Phi) is 17.6. The fourth-order valence-corrected chi connectivity index (χ4v) is 0.519. The maximum absolute atomic E-state index is 9.76. The van der Waals surface area contributed by atoms with Crippen LogP contribution >= 0.6 is 0 Å². The van der Waals surface area contributed by atoms with Gasteiger partial charge in [0, 0.05) is 5.97 Å². The molecule has 0 heterocycles. The summed E-state index contributed by atoms with van der Waals surface area (Å²) >= 11 is 0. The fraction of sp³-hybridized carbons (Fsp3) is 0.600. The normalized spacial score (nSPS) is 7.87.